The van der Waals surface area contributed by atoms with Gasteiger partial charge in [-0.15, -0.1) is 0 Å². The molecule has 0 bridgehead atoms. The van der Waals surface area contributed by atoms with E-state index in [1.807, 2.05) is 36.7 Å². The van der Waals surface area contributed by atoms with Crippen molar-refractivity contribution in [2.24, 2.45) is 0 Å². The second-order valence-corrected chi connectivity index (χ2v) is 9.92. The van der Waals surface area contributed by atoms with Crippen molar-refractivity contribution < 1.29 is 13.9 Å². The number of pyridine rings is 2. The van der Waals surface area contributed by atoms with Gasteiger partial charge in [-0.2, -0.15) is 0 Å². The Balaban J connectivity index is 1.37. The quantitative estimate of drug-likeness (QED) is 0.406. The van der Waals surface area contributed by atoms with Gasteiger partial charge in [-0.1, -0.05) is 12.1 Å². The molecule has 1 amide bonds. The first-order chi connectivity index (χ1) is 18.0. The lowest BCUT2D eigenvalue weighted by Gasteiger charge is -2.25. The summed E-state index contributed by atoms with van der Waals surface area (Å²) in [6.45, 7) is 2.67. The van der Waals surface area contributed by atoms with Crippen LogP contribution < -0.4 is 10.6 Å². The van der Waals surface area contributed by atoms with E-state index in [1.54, 1.807) is 12.4 Å². The fraction of sp³-hybridized carbons (Fsp3) is 0.321. The van der Waals surface area contributed by atoms with Gasteiger partial charge < -0.3 is 20.3 Å². The van der Waals surface area contributed by atoms with Crippen LogP contribution in [-0.4, -0.2) is 52.5 Å². The van der Waals surface area contributed by atoms with E-state index in [0.717, 1.165) is 48.6 Å². The zero-order valence-corrected chi connectivity index (χ0v) is 20.9. The molecule has 190 valence electrons. The minimum Gasteiger partial charge on any atom is -0.381 e. The van der Waals surface area contributed by atoms with E-state index in [4.69, 9.17) is 9.72 Å². The third-order valence-corrected chi connectivity index (χ3v) is 7.06. The molecule has 2 aliphatic heterocycles. The lowest BCUT2D eigenvalue weighted by Crippen LogP contribution is -2.20. The number of ether oxygens (including phenoxy) is 1. The first-order valence-corrected chi connectivity index (χ1v) is 12.5. The number of anilines is 2. The maximum Gasteiger partial charge on any atom is 0.254 e. The van der Waals surface area contributed by atoms with E-state index < -0.39 is 0 Å². The molecule has 3 aromatic heterocycles. The minimum absolute atomic E-state index is 0.135. The molecule has 2 N–H and O–H groups in total. The van der Waals surface area contributed by atoms with Crippen LogP contribution in [0.3, 0.4) is 0 Å². The van der Waals surface area contributed by atoms with E-state index in [1.165, 1.54) is 17.7 Å². The van der Waals surface area contributed by atoms with Crippen molar-refractivity contribution in [3.8, 4) is 11.3 Å². The molecule has 1 saturated heterocycles. The minimum atomic E-state index is -0.338. The number of hydrogen-bond donors (Lipinski definition) is 2. The van der Waals surface area contributed by atoms with Crippen LogP contribution in [0.25, 0.3) is 16.9 Å². The Labute approximate surface area is 214 Å². The predicted octanol–water partition coefficient (Wildman–Crippen LogP) is 4.48. The van der Waals surface area contributed by atoms with Gasteiger partial charge >= 0.3 is 0 Å². The second-order valence-electron chi connectivity index (χ2n) is 9.92. The molecule has 37 heavy (non-hydrogen) atoms. The van der Waals surface area contributed by atoms with Crippen molar-refractivity contribution in [2.75, 3.05) is 32.6 Å². The SMILES string of the molecule is CN(C)Cc1nc(Nc2ccc(-c3cnc4cc(F)ccn34)c3c2C(=O)NC3)ccc1[C@H]1CCCOC1. The lowest BCUT2D eigenvalue weighted by atomic mass is 9.92. The van der Waals surface area contributed by atoms with Crippen molar-refractivity contribution in [1.82, 2.24) is 24.6 Å². The monoisotopic (exact) mass is 500 g/mol. The van der Waals surface area contributed by atoms with Crippen molar-refractivity contribution in [3.05, 3.63) is 77.0 Å². The van der Waals surface area contributed by atoms with Gasteiger partial charge in [-0.25, -0.2) is 14.4 Å². The maximum atomic E-state index is 13.7. The van der Waals surface area contributed by atoms with Crippen LogP contribution in [0.15, 0.2) is 48.8 Å². The summed E-state index contributed by atoms with van der Waals surface area (Å²) >= 11 is 0. The number of carbonyl (C=O) groups is 1. The number of hydrogen-bond acceptors (Lipinski definition) is 6. The standard InChI is InChI=1S/C28H29FN6O2/c1-34(2)15-23-19(17-4-3-11-37-16-17)6-8-25(33-23)32-22-7-5-20(21-13-31-28(36)27(21)22)24-14-30-26-12-18(29)9-10-35(24)26/h5-10,12,14,17H,3-4,11,13,15-16H2,1-2H3,(H,31,36)(H,32,33)/t17-/m0/s1. The maximum absolute atomic E-state index is 13.7. The highest BCUT2D eigenvalue weighted by Gasteiger charge is 2.28. The number of aromatic nitrogens is 3. The molecule has 0 radical (unpaired) electrons. The number of rotatable bonds is 6. The Morgan fingerprint density at radius 2 is 2.14 bits per heavy atom. The van der Waals surface area contributed by atoms with Crippen LogP contribution in [0.1, 0.15) is 45.9 Å². The van der Waals surface area contributed by atoms with Crippen LogP contribution in [0.2, 0.25) is 0 Å². The highest BCUT2D eigenvalue weighted by Crippen LogP contribution is 2.36. The third kappa shape index (κ3) is 4.45. The molecule has 0 unspecified atom stereocenters. The lowest BCUT2D eigenvalue weighted by molar-refractivity contribution is 0.0799. The summed E-state index contributed by atoms with van der Waals surface area (Å²) in [7, 11) is 4.07. The van der Waals surface area contributed by atoms with Crippen molar-refractivity contribution in [2.45, 2.75) is 31.8 Å². The summed E-state index contributed by atoms with van der Waals surface area (Å²) < 4.78 is 21.2. The Morgan fingerprint density at radius 3 is 2.95 bits per heavy atom. The molecular formula is C28H29FN6O2. The predicted molar refractivity (Wildman–Crippen MR) is 139 cm³/mol. The average Bonchev–Trinajstić information content (AvgIpc) is 3.48. The zero-order valence-electron chi connectivity index (χ0n) is 20.9. The topological polar surface area (TPSA) is 83.8 Å². The highest BCUT2D eigenvalue weighted by atomic mass is 19.1. The molecule has 1 aromatic carbocycles. The number of nitrogens with one attached hydrogen (secondary N) is 2. The van der Waals surface area contributed by atoms with Gasteiger partial charge in [-0.05, 0) is 56.3 Å². The molecular weight excluding hydrogens is 471 g/mol. The summed E-state index contributed by atoms with van der Waals surface area (Å²) in [6, 6.07) is 10.8. The van der Waals surface area contributed by atoms with E-state index in [9.17, 15) is 9.18 Å². The normalized spacial score (nSPS) is 17.3. The second kappa shape index (κ2) is 9.57. The van der Waals surface area contributed by atoms with Gasteiger partial charge in [0.15, 0.2) is 0 Å². The first kappa shape index (κ1) is 23.6. The molecule has 0 aliphatic carbocycles. The van der Waals surface area contributed by atoms with E-state index in [-0.39, 0.29) is 11.7 Å². The molecule has 0 spiro atoms. The Morgan fingerprint density at radius 1 is 1.24 bits per heavy atom. The van der Waals surface area contributed by atoms with Gasteiger partial charge in [0, 0.05) is 43.4 Å². The number of halogens is 1. The molecule has 9 heteroatoms. The number of nitrogens with zero attached hydrogens (tertiary/aromatic N) is 4. The molecule has 1 atom stereocenters. The van der Waals surface area contributed by atoms with Crippen LogP contribution in [0.5, 0.6) is 0 Å². The molecule has 5 heterocycles. The molecule has 8 nitrogen and oxygen atoms in total. The van der Waals surface area contributed by atoms with Crippen molar-refractivity contribution in [1.29, 1.82) is 0 Å². The van der Waals surface area contributed by atoms with Crippen molar-refractivity contribution >= 4 is 23.1 Å². The summed E-state index contributed by atoms with van der Waals surface area (Å²) in [6.07, 6.45) is 5.52. The van der Waals surface area contributed by atoms with Gasteiger partial charge in [-0.3, -0.25) is 9.20 Å². The molecule has 2 aliphatic rings. The summed E-state index contributed by atoms with van der Waals surface area (Å²) in [4.78, 5) is 24.3. The Hall–Kier alpha value is -3.82. The van der Waals surface area contributed by atoms with Crippen LogP contribution in [0, 0.1) is 5.82 Å². The van der Waals surface area contributed by atoms with E-state index >= 15 is 0 Å². The average molecular weight is 501 g/mol. The van der Waals surface area contributed by atoms with Gasteiger partial charge in [0.2, 0.25) is 0 Å². The molecule has 0 saturated carbocycles. The third-order valence-electron chi connectivity index (χ3n) is 7.06. The number of amides is 1. The van der Waals surface area contributed by atoms with Gasteiger partial charge in [0.1, 0.15) is 17.3 Å². The number of benzene rings is 1. The Kier molecular flexibility index (Phi) is 6.10. The zero-order chi connectivity index (χ0) is 25.5. The van der Waals surface area contributed by atoms with Gasteiger partial charge in [0.05, 0.1) is 35.4 Å². The van der Waals surface area contributed by atoms with Crippen LogP contribution in [0.4, 0.5) is 15.9 Å². The van der Waals surface area contributed by atoms with Gasteiger partial charge in [0.25, 0.3) is 5.91 Å². The molecule has 4 aromatic rings. The smallest absolute Gasteiger partial charge is 0.254 e. The fourth-order valence-corrected chi connectivity index (χ4v) is 5.35. The highest BCUT2D eigenvalue weighted by molar-refractivity contribution is 6.06. The summed E-state index contributed by atoms with van der Waals surface area (Å²) in [5, 5.41) is 6.35. The number of fused-ring (bicyclic) bond motifs is 2. The van der Waals surface area contributed by atoms with Crippen molar-refractivity contribution in [3.63, 3.8) is 0 Å². The van der Waals surface area contributed by atoms with Crippen LogP contribution in [-0.2, 0) is 17.8 Å². The molecule has 6 rings (SSSR count). The number of imidazole rings is 1. The van der Waals surface area contributed by atoms with E-state index in [0.29, 0.717) is 41.7 Å². The van der Waals surface area contributed by atoms with Crippen LogP contribution >= 0.6 is 0 Å². The van der Waals surface area contributed by atoms with E-state index in [2.05, 4.69) is 26.6 Å². The first-order valence-electron chi connectivity index (χ1n) is 12.5. The summed E-state index contributed by atoms with van der Waals surface area (Å²) in [5.41, 5.74) is 6.62. The molecule has 1 fully saturated rings. The fourth-order valence-electron chi connectivity index (χ4n) is 5.35. The Bertz CT molecular complexity index is 1490. The summed E-state index contributed by atoms with van der Waals surface area (Å²) in [5.74, 6) is 0.564. The largest absolute Gasteiger partial charge is 0.381 e. The number of carbonyl (C=O) groups excluding carboxylic acids is 1.